The first-order valence-electron chi connectivity index (χ1n) is 6.95. The minimum absolute atomic E-state index is 0. The molecule has 0 radical (unpaired) electrons. The summed E-state index contributed by atoms with van der Waals surface area (Å²) in [7, 11) is -2.09. The van der Waals surface area contributed by atoms with Crippen molar-refractivity contribution in [2.45, 2.75) is 30.7 Å². The van der Waals surface area contributed by atoms with Gasteiger partial charge in [-0.3, -0.25) is 0 Å². The van der Waals surface area contributed by atoms with E-state index in [0.717, 1.165) is 12.8 Å². The van der Waals surface area contributed by atoms with Crippen LogP contribution in [0.3, 0.4) is 0 Å². The van der Waals surface area contributed by atoms with Crippen LogP contribution in [-0.2, 0) is 10.0 Å². The number of benzene rings is 1. The third kappa shape index (κ3) is 3.86. The zero-order valence-electron chi connectivity index (χ0n) is 12.7. The molecule has 2 N–H and O–H groups in total. The molecule has 2 rings (SSSR count). The topological polar surface area (TPSA) is 72.6 Å². The van der Waals surface area contributed by atoms with Gasteiger partial charge in [-0.05, 0) is 37.0 Å². The lowest BCUT2D eigenvalue weighted by Crippen LogP contribution is -2.49. The highest BCUT2D eigenvalue weighted by molar-refractivity contribution is 7.89. The Morgan fingerprint density at radius 2 is 2.14 bits per heavy atom. The monoisotopic (exact) mass is 368 g/mol. The molecule has 1 saturated heterocycles. The van der Waals surface area contributed by atoms with Crippen LogP contribution in [0.25, 0.3) is 0 Å². The number of nitrogens with two attached hydrogens (primary N) is 1. The van der Waals surface area contributed by atoms with Gasteiger partial charge < -0.3 is 10.5 Å². The van der Waals surface area contributed by atoms with E-state index in [2.05, 4.69) is 6.92 Å². The van der Waals surface area contributed by atoms with E-state index in [9.17, 15) is 8.42 Å². The fourth-order valence-electron chi connectivity index (χ4n) is 2.70. The number of sulfonamides is 1. The second-order valence-corrected chi connectivity index (χ2v) is 7.73. The highest BCUT2D eigenvalue weighted by Crippen LogP contribution is 2.31. The summed E-state index contributed by atoms with van der Waals surface area (Å²) in [6.45, 7) is 2.94. The number of hydrogen-bond acceptors (Lipinski definition) is 4. The average Bonchev–Trinajstić information content (AvgIpc) is 2.46. The molecule has 0 aromatic heterocycles. The first-order chi connectivity index (χ1) is 9.90. The van der Waals surface area contributed by atoms with Crippen molar-refractivity contribution in [3.8, 4) is 5.75 Å². The van der Waals surface area contributed by atoms with Crippen molar-refractivity contribution >= 4 is 34.0 Å². The second-order valence-electron chi connectivity index (χ2n) is 5.43. The Balaban J connectivity index is 0.00000242. The van der Waals surface area contributed by atoms with Gasteiger partial charge in [0.1, 0.15) is 5.75 Å². The first kappa shape index (κ1) is 19.5. The SMILES string of the molecule is COc1ccc(S(=O)(=O)N2CCC(C)CC2CN)cc1Cl.Cl. The van der Waals surface area contributed by atoms with Crippen molar-refractivity contribution in [2.75, 3.05) is 20.2 Å². The van der Waals surface area contributed by atoms with Crippen molar-refractivity contribution in [3.63, 3.8) is 0 Å². The van der Waals surface area contributed by atoms with Crippen LogP contribution in [-0.4, -0.2) is 39.0 Å². The van der Waals surface area contributed by atoms with Gasteiger partial charge in [0.25, 0.3) is 0 Å². The maximum absolute atomic E-state index is 12.8. The van der Waals surface area contributed by atoms with Gasteiger partial charge >= 0.3 is 0 Å². The number of rotatable bonds is 4. The molecule has 1 heterocycles. The van der Waals surface area contributed by atoms with Crippen molar-refractivity contribution in [2.24, 2.45) is 11.7 Å². The van der Waals surface area contributed by atoms with E-state index in [0.29, 0.717) is 24.8 Å². The van der Waals surface area contributed by atoms with Gasteiger partial charge in [0.05, 0.1) is 17.0 Å². The Morgan fingerprint density at radius 3 is 2.68 bits per heavy atom. The van der Waals surface area contributed by atoms with E-state index >= 15 is 0 Å². The van der Waals surface area contributed by atoms with Gasteiger partial charge in [-0.2, -0.15) is 4.31 Å². The van der Waals surface area contributed by atoms with Crippen LogP contribution in [0, 0.1) is 5.92 Å². The van der Waals surface area contributed by atoms with Gasteiger partial charge in [0, 0.05) is 19.1 Å². The summed E-state index contributed by atoms with van der Waals surface area (Å²) in [5, 5.41) is 0.285. The molecule has 1 aliphatic rings. The lowest BCUT2D eigenvalue weighted by atomic mass is 9.94. The van der Waals surface area contributed by atoms with E-state index < -0.39 is 10.0 Å². The van der Waals surface area contributed by atoms with Gasteiger partial charge in [-0.1, -0.05) is 18.5 Å². The lowest BCUT2D eigenvalue weighted by molar-refractivity contribution is 0.211. The maximum Gasteiger partial charge on any atom is 0.243 e. The molecule has 1 aliphatic heterocycles. The van der Waals surface area contributed by atoms with Crippen LogP contribution in [0.1, 0.15) is 19.8 Å². The van der Waals surface area contributed by atoms with Crippen LogP contribution < -0.4 is 10.5 Å². The Labute approximate surface area is 143 Å². The zero-order chi connectivity index (χ0) is 15.6. The van der Waals surface area contributed by atoms with E-state index in [1.54, 1.807) is 6.07 Å². The molecule has 0 spiro atoms. The summed E-state index contributed by atoms with van der Waals surface area (Å²) in [4.78, 5) is 0.182. The molecular formula is C14H22Cl2N2O3S. The van der Waals surface area contributed by atoms with E-state index in [1.807, 2.05) is 0 Å². The van der Waals surface area contributed by atoms with Crippen LogP contribution in [0.5, 0.6) is 5.75 Å². The smallest absolute Gasteiger partial charge is 0.243 e. The molecular weight excluding hydrogens is 347 g/mol. The normalized spacial score (nSPS) is 22.9. The highest BCUT2D eigenvalue weighted by atomic mass is 35.5. The van der Waals surface area contributed by atoms with E-state index in [1.165, 1.54) is 23.5 Å². The molecule has 0 amide bonds. The van der Waals surface area contributed by atoms with Crippen molar-refractivity contribution in [3.05, 3.63) is 23.2 Å². The van der Waals surface area contributed by atoms with Gasteiger partial charge in [-0.15, -0.1) is 12.4 Å². The standard InChI is InChI=1S/C14H21ClN2O3S.ClH/c1-10-5-6-17(11(7-10)9-16)21(18,19)12-3-4-14(20-2)13(15)8-12;/h3-4,8,10-11H,5-7,9,16H2,1-2H3;1H. The maximum atomic E-state index is 12.8. The average molecular weight is 369 g/mol. The largest absolute Gasteiger partial charge is 0.495 e. The minimum Gasteiger partial charge on any atom is -0.495 e. The third-order valence-corrected chi connectivity index (χ3v) is 6.17. The molecule has 2 atom stereocenters. The molecule has 1 aromatic rings. The quantitative estimate of drug-likeness (QED) is 0.885. The number of nitrogens with zero attached hydrogens (tertiary/aromatic N) is 1. The Kier molecular flexibility index (Phi) is 6.95. The first-order valence-corrected chi connectivity index (χ1v) is 8.77. The summed E-state index contributed by atoms with van der Waals surface area (Å²) < 4.78 is 32.1. The predicted octanol–water partition coefficient (Wildman–Crippen LogP) is 2.52. The van der Waals surface area contributed by atoms with Gasteiger partial charge in [0.2, 0.25) is 10.0 Å². The van der Waals surface area contributed by atoms with Crippen molar-refractivity contribution < 1.29 is 13.2 Å². The molecule has 0 saturated carbocycles. The third-order valence-electron chi connectivity index (χ3n) is 3.93. The number of methoxy groups -OCH3 is 1. The number of halogens is 2. The Hall–Kier alpha value is -0.530. The number of piperidine rings is 1. The van der Waals surface area contributed by atoms with Crippen LogP contribution >= 0.6 is 24.0 Å². The van der Waals surface area contributed by atoms with Crippen LogP contribution in [0.4, 0.5) is 0 Å². The lowest BCUT2D eigenvalue weighted by Gasteiger charge is -2.36. The Morgan fingerprint density at radius 1 is 1.45 bits per heavy atom. The number of hydrogen-bond donors (Lipinski definition) is 1. The van der Waals surface area contributed by atoms with Crippen molar-refractivity contribution in [1.29, 1.82) is 0 Å². The number of ether oxygens (including phenoxy) is 1. The Bertz CT molecular complexity index is 610. The summed E-state index contributed by atoms with van der Waals surface area (Å²) >= 11 is 6.04. The molecule has 126 valence electrons. The molecule has 0 aliphatic carbocycles. The summed E-state index contributed by atoms with van der Waals surface area (Å²) in [5.41, 5.74) is 5.75. The van der Waals surface area contributed by atoms with Crippen LogP contribution in [0.2, 0.25) is 5.02 Å². The summed E-state index contributed by atoms with van der Waals surface area (Å²) in [5.74, 6) is 0.947. The molecule has 8 heteroatoms. The molecule has 22 heavy (non-hydrogen) atoms. The fraction of sp³-hybridized carbons (Fsp3) is 0.571. The predicted molar refractivity (Wildman–Crippen MR) is 90.4 cm³/mol. The molecule has 1 aromatic carbocycles. The molecule has 5 nitrogen and oxygen atoms in total. The van der Waals surface area contributed by atoms with Crippen LogP contribution in [0.15, 0.2) is 23.1 Å². The molecule has 1 fully saturated rings. The molecule has 2 unspecified atom stereocenters. The van der Waals surface area contributed by atoms with Gasteiger partial charge in [-0.25, -0.2) is 8.42 Å². The highest BCUT2D eigenvalue weighted by Gasteiger charge is 2.35. The van der Waals surface area contributed by atoms with Gasteiger partial charge in [0.15, 0.2) is 0 Å². The minimum atomic E-state index is -3.58. The van der Waals surface area contributed by atoms with E-state index in [4.69, 9.17) is 22.1 Å². The molecule has 0 bridgehead atoms. The summed E-state index contributed by atoms with van der Waals surface area (Å²) in [6.07, 6.45) is 1.64. The zero-order valence-corrected chi connectivity index (χ0v) is 15.0. The van der Waals surface area contributed by atoms with Crippen molar-refractivity contribution in [1.82, 2.24) is 4.31 Å². The fourth-order valence-corrected chi connectivity index (χ4v) is 4.71. The second kappa shape index (κ2) is 7.84. The van der Waals surface area contributed by atoms with E-state index in [-0.39, 0.29) is 28.4 Å². The summed E-state index contributed by atoms with van der Waals surface area (Å²) in [6, 6.07) is 4.37.